The zero-order valence-corrected chi connectivity index (χ0v) is 13.5. The predicted octanol–water partition coefficient (Wildman–Crippen LogP) is 2.35. The fourth-order valence-electron chi connectivity index (χ4n) is 3.12. The van der Waals surface area contributed by atoms with E-state index in [0.29, 0.717) is 24.4 Å². The summed E-state index contributed by atoms with van der Waals surface area (Å²) in [5, 5.41) is 8.73. The molecule has 0 saturated heterocycles. The van der Waals surface area contributed by atoms with Gasteiger partial charge in [0.05, 0.1) is 0 Å². The third-order valence-electron chi connectivity index (χ3n) is 4.65. The molecule has 0 bridgehead atoms. The van der Waals surface area contributed by atoms with Crippen LogP contribution in [0.4, 0.5) is 10.5 Å². The van der Waals surface area contributed by atoms with E-state index in [1.165, 1.54) is 12.8 Å². The van der Waals surface area contributed by atoms with E-state index in [1.807, 2.05) is 6.92 Å². The molecule has 0 aromatic carbocycles. The highest BCUT2D eigenvalue weighted by atomic mass is 16.2. The second-order valence-corrected chi connectivity index (χ2v) is 6.71. The molecule has 0 spiro atoms. The Kier molecular flexibility index (Phi) is 4.50. The number of carbonyl (C=O) groups is 2. The number of hydrogen-bond acceptors (Lipinski definition) is 3. The van der Waals surface area contributed by atoms with E-state index in [-0.39, 0.29) is 11.9 Å². The van der Waals surface area contributed by atoms with Crippen molar-refractivity contribution in [2.75, 3.05) is 11.9 Å². The lowest BCUT2D eigenvalue weighted by molar-refractivity contribution is -0.127. The van der Waals surface area contributed by atoms with Crippen molar-refractivity contribution in [3.05, 3.63) is 24.0 Å². The molecule has 0 unspecified atom stereocenters. The van der Waals surface area contributed by atoms with Gasteiger partial charge < -0.3 is 16.0 Å². The standard InChI is InChI=1S/C17H24N4O2/c1-12-10-14(6-9-18-12)20-16(23)21-17(7-2-3-8-17)15(22)19-11-13-4-5-13/h6,9-10,13H,2-5,7-8,11H2,1H3,(H,19,22)(H2,18,20,21,23). The van der Waals surface area contributed by atoms with Gasteiger partial charge in [-0.05, 0) is 50.7 Å². The Hall–Kier alpha value is -2.11. The van der Waals surface area contributed by atoms with Crippen molar-refractivity contribution in [2.24, 2.45) is 5.92 Å². The molecule has 2 aliphatic carbocycles. The average molecular weight is 316 g/mol. The molecule has 1 heterocycles. The molecule has 0 atom stereocenters. The van der Waals surface area contributed by atoms with E-state index >= 15 is 0 Å². The highest BCUT2D eigenvalue weighted by Crippen LogP contribution is 2.31. The summed E-state index contributed by atoms with van der Waals surface area (Å²) in [7, 11) is 0. The van der Waals surface area contributed by atoms with Crippen molar-refractivity contribution in [1.82, 2.24) is 15.6 Å². The molecule has 3 N–H and O–H groups in total. The molecule has 3 rings (SSSR count). The number of carbonyl (C=O) groups excluding carboxylic acids is 2. The number of aromatic nitrogens is 1. The summed E-state index contributed by atoms with van der Waals surface area (Å²) in [6, 6.07) is 3.20. The van der Waals surface area contributed by atoms with E-state index in [9.17, 15) is 9.59 Å². The Bertz CT molecular complexity index is 592. The monoisotopic (exact) mass is 316 g/mol. The van der Waals surface area contributed by atoms with Gasteiger partial charge in [0.2, 0.25) is 5.91 Å². The van der Waals surface area contributed by atoms with Crippen LogP contribution in [0.3, 0.4) is 0 Å². The Morgan fingerprint density at radius 1 is 1.30 bits per heavy atom. The van der Waals surface area contributed by atoms with Crippen LogP contribution in [0.15, 0.2) is 18.3 Å². The average Bonchev–Trinajstić information content (AvgIpc) is 3.22. The SMILES string of the molecule is Cc1cc(NC(=O)NC2(C(=O)NCC3CC3)CCCC2)ccn1. The van der Waals surface area contributed by atoms with Crippen LogP contribution in [0, 0.1) is 12.8 Å². The smallest absolute Gasteiger partial charge is 0.320 e. The molecule has 1 aromatic heterocycles. The third kappa shape index (κ3) is 4.00. The molecule has 124 valence electrons. The van der Waals surface area contributed by atoms with E-state index in [0.717, 1.165) is 25.1 Å². The van der Waals surface area contributed by atoms with Crippen LogP contribution in [-0.4, -0.2) is 29.0 Å². The lowest BCUT2D eigenvalue weighted by atomic mass is 9.96. The Morgan fingerprint density at radius 3 is 2.70 bits per heavy atom. The van der Waals surface area contributed by atoms with Gasteiger partial charge in [0, 0.05) is 24.1 Å². The van der Waals surface area contributed by atoms with E-state index < -0.39 is 5.54 Å². The minimum absolute atomic E-state index is 0.0389. The summed E-state index contributed by atoms with van der Waals surface area (Å²) < 4.78 is 0. The number of anilines is 1. The zero-order valence-electron chi connectivity index (χ0n) is 13.5. The summed E-state index contributed by atoms with van der Waals surface area (Å²) in [6.45, 7) is 2.60. The van der Waals surface area contributed by atoms with Gasteiger partial charge in [0.15, 0.2) is 0 Å². The van der Waals surface area contributed by atoms with Crippen molar-refractivity contribution in [3.63, 3.8) is 0 Å². The molecule has 3 amide bonds. The highest BCUT2D eigenvalue weighted by Gasteiger charge is 2.42. The second-order valence-electron chi connectivity index (χ2n) is 6.71. The first-order chi connectivity index (χ1) is 11.1. The lowest BCUT2D eigenvalue weighted by Gasteiger charge is -2.29. The molecular weight excluding hydrogens is 292 g/mol. The molecule has 1 aromatic rings. The van der Waals surface area contributed by atoms with Gasteiger partial charge in [-0.2, -0.15) is 0 Å². The summed E-state index contributed by atoms with van der Waals surface area (Å²) in [6.07, 6.45) is 7.37. The van der Waals surface area contributed by atoms with Crippen LogP contribution in [0.5, 0.6) is 0 Å². The highest BCUT2D eigenvalue weighted by molar-refractivity contribution is 5.96. The van der Waals surface area contributed by atoms with E-state index in [4.69, 9.17) is 0 Å². The van der Waals surface area contributed by atoms with E-state index in [1.54, 1.807) is 18.3 Å². The maximum absolute atomic E-state index is 12.6. The minimum atomic E-state index is -0.763. The Morgan fingerprint density at radius 2 is 2.04 bits per heavy atom. The minimum Gasteiger partial charge on any atom is -0.354 e. The number of nitrogens with one attached hydrogen (secondary N) is 3. The number of hydrogen-bond donors (Lipinski definition) is 3. The van der Waals surface area contributed by atoms with Gasteiger partial charge in [-0.25, -0.2) is 4.79 Å². The maximum Gasteiger partial charge on any atom is 0.320 e. The van der Waals surface area contributed by atoms with Crippen molar-refractivity contribution < 1.29 is 9.59 Å². The predicted molar refractivity (Wildman–Crippen MR) is 88.1 cm³/mol. The first-order valence-corrected chi connectivity index (χ1v) is 8.37. The van der Waals surface area contributed by atoms with Gasteiger partial charge in [0.25, 0.3) is 0 Å². The molecule has 0 aliphatic heterocycles. The van der Waals surface area contributed by atoms with Crippen molar-refractivity contribution in [1.29, 1.82) is 0 Å². The lowest BCUT2D eigenvalue weighted by Crippen LogP contribution is -2.58. The van der Waals surface area contributed by atoms with Crippen LogP contribution in [0.25, 0.3) is 0 Å². The Balaban J connectivity index is 1.61. The summed E-state index contributed by atoms with van der Waals surface area (Å²) in [5.74, 6) is 0.592. The quantitative estimate of drug-likeness (QED) is 0.780. The fourth-order valence-corrected chi connectivity index (χ4v) is 3.12. The normalized spacial score (nSPS) is 19.2. The van der Waals surface area contributed by atoms with Crippen LogP contribution in [-0.2, 0) is 4.79 Å². The topological polar surface area (TPSA) is 83.1 Å². The maximum atomic E-state index is 12.6. The molecular formula is C17H24N4O2. The summed E-state index contributed by atoms with van der Waals surface area (Å²) in [4.78, 5) is 29.0. The number of amides is 3. The van der Waals surface area contributed by atoms with Crippen molar-refractivity contribution in [2.45, 2.75) is 51.0 Å². The van der Waals surface area contributed by atoms with Gasteiger partial charge in [0.1, 0.15) is 5.54 Å². The largest absolute Gasteiger partial charge is 0.354 e. The Labute approximate surface area is 136 Å². The fraction of sp³-hybridized carbons (Fsp3) is 0.588. The van der Waals surface area contributed by atoms with Crippen LogP contribution >= 0.6 is 0 Å². The summed E-state index contributed by atoms with van der Waals surface area (Å²) in [5.41, 5.74) is 0.753. The number of pyridine rings is 1. The van der Waals surface area contributed by atoms with Crippen LogP contribution in [0.2, 0.25) is 0 Å². The molecule has 6 heteroatoms. The van der Waals surface area contributed by atoms with Crippen molar-refractivity contribution >= 4 is 17.6 Å². The molecule has 2 aliphatic rings. The molecule has 6 nitrogen and oxygen atoms in total. The van der Waals surface area contributed by atoms with Gasteiger partial charge in [-0.1, -0.05) is 12.8 Å². The van der Waals surface area contributed by atoms with Crippen LogP contribution < -0.4 is 16.0 Å². The van der Waals surface area contributed by atoms with Gasteiger partial charge in [-0.3, -0.25) is 9.78 Å². The number of aryl methyl sites for hydroxylation is 1. The summed E-state index contributed by atoms with van der Waals surface area (Å²) >= 11 is 0. The molecule has 2 saturated carbocycles. The van der Waals surface area contributed by atoms with E-state index in [2.05, 4.69) is 20.9 Å². The second kappa shape index (κ2) is 6.56. The molecule has 2 fully saturated rings. The van der Waals surface area contributed by atoms with Gasteiger partial charge >= 0.3 is 6.03 Å². The number of nitrogens with zero attached hydrogens (tertiary/aromatic N) is 1. The number of urea groups is 1. The third-order valence-corrected chi connectivity index (χ3v) is 4.65. The molecule has 23 heavy (non-hydrogen) atoms. The van der Waals surface area contributed by atoms with Crippen LogP contribution in [0.1, 0.15) is 44.2 Å². The van der Waals surface area contributed by atoms with Gasteiger partial charge in [-0.15, -0.1) is 0 Å². The molecule has 0 radical (unpaired) electrons. The zero-order chi connectivity index (χ0) is 16.3. The first-order valence-electron chi connectivity index (χ1n) is 8.37. The number of rotatable bonds is 5. The van der Waals surface area contributed by atoms with Crippen molar-refractivity contribution in [3.8, 4) is 0 Å². The first kappa shape index (κ1) is 15.8.